The monoisotopic (exact) mass is 255 g/mol. The molecule has 1 aromatic rings. The molecular formula is C12H17NO3S. The molecule has 2 atom stereocenters. The van der Waals surface area contributed by atoms with Gasteiger partial charge < -0.3 is 10.4 Å². The van der Waals surface area contributed by atoms with Crippen LogP contribution in [0.2, 0.25) is 0 Å². The zero-order valence-corrected chi connectivity index (χ0v) is 11.0. The number of aryl methyl sites for hydroxylation is 1. The van der Waals surface area contributed by atoms with Gasteiger partial charge in [-0.2, -0.15) is 0 Å². The summed E-state index contributed by atoms with van der Waals surface area (Å²) < 4.78 is 0. The third-order valence-corrected chi connectivity index (χ3v) is 3.73. The fourth-order valence-corrected chi connectivity index (χ4v) is 2.22. The Labute approximate surface area is 105 Å². The Balaban J connectivity index is 2.74. The minimum absolute atomic E-state index is 0.0856. The van der Waals surface area contributed by atoms with Crippen molar-refractivity contribution in [1.29, 1.82) is 0 Å². The van der Waals surface area contributed by atoms with Crippen LogP contribution in [0.15, 0.2) is 12.1 Å². The molecular weight excluding hydrogens is 238 g/mol. The molecule has 4 nitrogen and oxygen atoms in total. The fraction of sp³-hybridized carbons (Fsp3) is 0.500. The number of carbonyl (C=O) groups excluding carboxylic acids is 1. The molecule has 17 heavy (non-hydrogen) atoms. The van der Waals surface area contributed by atoms with Gasteiger partial charge in [0, 0.05) is 4.88 Å². The van der Waals surface area contributed by atoms with E-state index in [9.17, 15) is 9.59 Å². The van der Waals surface area contributed by atoms with Gasteiger partial charge in [0.2, 0.25) is 0 Å². The van der Waals surface area contributed by atoms with Crippen molar-refractivity contribution in [3.05, 3.63) is 21.9 Å². The highest BCUT2D eigenvalue weighted by Crippen LogP contribution is 2.16. The molecule has 1 aromatic heterocycles. The van der Waals surface area contributed by atoms with Crippen LogP contribution in [-0.4, -0.2) is 23.0 Å². The highest BCUT2D eigenvalue weighted by molar-refractivity contribution is 7.13. The summed E-state index contributed by atoms with van der Waals surface area (Å²) in [4.78, 5) is 24.5. The molecule has 2 N–H and O–H groups in total. The van der Waals surface area contributed by atoms with Crippen LogP contribution in [0, 0.1) is 12.8 Å². The van der Waals surface area contributed by atoms with Crippen molar-refractivity contribution in [2.75, 3.05) is 0 Å². The minimum Gasteiger partial charge on any atom is -0.480 e. The predicted molar refractivity (Wildman–Crippen MR) is 67.4 cm³/mol. The van der Waals surface area contributed by atoms with E-state index in [1.807, 2.05) is 26.8 Å². The maximum Gasteiger partial charge on any atom is 0.326 e. The van der Waals surface area contributed by atoms with Gasteiger partial charge >= 0.3 is 5.97 Å². The molecule has 5 heteroatoms. The van der Waals surface area contributed by atoms with Crippen molar-refractivity contribution in [3.63, 3.8) is 0 Å². The van der Waals surface area contributed by atoms with E-state index in [2.05, 4.69) is 5.32 Å². The molecule has 1 unspecified atom stereocenters. The van der Waals surface area contributed by atoms with Crippen molar-refractivity contribution in [1.82, 2.24) is 5.32 Å². The Hall–Kier alpha value is -1.36. The van der Waals surface area contributed by atoms with Crippen LogP contribution in [0.3, 0.4) is 0 Å². The summed E-state index contributed by atoms with van der Waals surface area (Å²) in [6, 6.07) is 2.73. The normalized spacial score (nSPS) is 14.1. The minimum atomic E-state index is -0.985. The highest BCUT2D eigenvalue weighted by Gasteiger charge is 2.26. The molecule has 0 aliphatic heterocycles. The lowest BCUT2D eigenvalue weighted by Crippen LogP contribution is -2.44. The van der Waals surface area contributed by atoms with Gasteiger partial charge in [-0.15, -0.1) is 11.3 Å². The maximum atomic E-state index is 11.8. The smallest absolute Gasteiger partial charge is 0.326 e. The number of rotatable bonds is 5. The average molecular weight is 255 g/mol. The number of hydrogen-bond donors (Lipinski definition) is 2. The summed E-state index contributed by atoms with van der Waals surface area (Å²) >= 11 is 1.36. The van der Waals surface area contributed by atoms with Crippen molar-refractivity contribution in [2.45, 2.75) is 33.2 Å². The third-order valence-electron chi connectivity index (χ3n) is 2.73. The molecule has 1 rings (SSSR count). The first-order valence-electron chi connectivity index (χ1n) is 5.55. The van der Waals surface area contributed by atoms with Crippen LogP contribution >= 0.6 is 11.3 Å². The third kappa shape index (κ3) is 3.56. The lowest BCUT2D eigenvalue weighted by molar-refractivity contribution is -0.140. The molecule has 0 saturated carbocycles. The summed E-state index contributed by atoms with van der Waals surface area (Å²) in [5, 5.41) is 11.6. The average Bonchev–Trinajstić information content (AvgIpc) is 2.71. The van der Waals surface area contributed by atoms with E-state index in [4.69, 9.17) is 5.11 Å². The van der Waals surface area contributed by atoms with Crippen molar-refractivity contribution >= 4 is 23.2 Å². The van der Waals surface area contributed by atoms with Gasteiger partial charge in [-0.25, -0.2) is 4.79 Å². The SMILES string of the molecule is CCC(C)[C@H](NC(=O)c1ccc(C)s1)C(=O)O. The molecule has 0 fully saturated rings. The van der Waals surface area contributed by atoms with Crippen LogP contribution in [-0.2, 0) is 4.79 Å². The first-order valence-corrected chi connectivity index (χ1v) is 6.37. The first-order chi connectivity index (χ1) is 7.95. The Bertz CT molecular complexity index is 414. The number of aliphatic carboxylic acids is 1. The number of hydrogen-bond acceptors (Lipinski definition) is 3. The van der Waals surface area contributed by atoms with Gasteiger partial charge in [0.15, 0.2) is 0 Å². The second-order valence-corrected chi connectivity index (χ2v) is 5.37. The molecule has 0 aliphatic rings. The van der Waals surface area contributed by atoms with E-state index in [-0.39, 0.29) is 11.8 Å². The van der Waals surface area contributed by atoms with E-state index in [1.54, 1.807) is 6.07 Å². The number of carboxylic acid groups (broad SMARTS) is 1. The number of amides is 1. The topological polar surface area (TPSA) is 66.4 Å². The predicted octanol–water partition coefficient (Wildman–Crippen LogP) is 2.29. The molecule has 0 bridgehead atoms. The number of thiophene rings is 1. The van der Waals surface area contributed by atoms with Crippen LogP contribution in [0.25, 0.3) is 0 Å². The molecule has 1 heterocycles. The Kier molecular flexibility index (Phi) is 4.69. The lowest BCUT2D eigenvalue weighted by atomic mass is 9.99. The van der Waals surface area contributed by atoms with E-state index < -0.39 is 12.0 Å². The molecule has 1 amide bonds. The van der Waals surface area contributed by atoms with Gasteiger partial charge in [0.05, 0.1) is 4.88 Å². The molecule has 0 spiro atoms. The second kappa shape index (κ2) is 5.82. The van der Waals surface area contributed by atoms with Gasteiger partial charge in [0.25, 0.3) is 5.91 Å². The van der Waals surface area contributed by atoms with E-state index in [1.165, 1.54) is 11.3 Å². The van der Waals surface area contributed by atoms with Gasteiger partial charge in [-0.3, -0.25) is 4.79 Å². The molecule has 0 aromatic carbocycles. The van der Waals surface area contributed by atoms with Gasteiger partial charge in [-0.05, 0) is 25.0 Å². The van der Waals surface area contributed by atoms with Gasteiger partial charge in [-0.1, -0.05) is 20.3 Å². The summed E-state index contributed by atoms with van der Waals surface area (Å²) in [5.41, 5.74) is 0. The van der Waals surface area contributed by atoms with Crippen LogP contribution in [0.4, 0.5) is 0 Å². The van der Waals surface area contributed by atoms with E-state index >= 15 is 0 Å². The summed E-state index contributed by atoms with van der Waals surface area (Å²) in [5.74, 6) is -1.38. The molecule has 0 saturated heterocycles. The van der Waals surface area contributed by atoms with Crippen molar-refractivity contribution in [2.24, 2.45) is 5.92 Å². The summed E-state index contributed by atoms with van der Waals surface area (Å²) in [6.07, 6.45) is 0.709. The van der Waals surface area contributed by atoms with Crippen LogP contribution in [0.1, 0.15) is 34.8 Å². The first kappa shape index (κ1) is 13.7. The largest absolute Gasteiger partial charge is 0.480 e. The second-order valence-electron chi connectivity index (χ2n) is 4.09. The van der Waals surface area contributed by atoms with E-state index in [0.717, 1.165) is 4.88 Å². The number of nitrogens with one attached hydrogen (secondary N) is 1. The quantitative estimate of drug-likeness (QED) is 0.848. The van der Waals surface area contributed by atoms with Crippen molar-refractivity contribution in [3.8, 4) is 0 Å². The Morgan fingerprint density at radius 3 is 2.53 bits per heavy atom. The van der Waals surface area contributed by atoms with Crippen LogP contribution < -0.4 is 5.32 Å². The molecule has 94 valence electrons. The summed E-state index contributed by atoms with van der Waals surface area (Å²) in [6.45, 7) is 5.63. The van der Waals surface area contributed by atoms with Gasteiger partial charge in [0.1, 0.15) is 6.04 Å². The summed E-state index contributed by atoms with van der Waals surface area (Å²) in [7, 11) is 0. The van der Waals surface area contributed by atoms with Crippen molar-refractivity contribution < 1.29 is 14.7 Å². The maximum absolute atomic E-state index is 11.8. The highest BCUT2D eigenvalue weighted by atomic mass is 32.1. The zero-order valence-electron chi connectivity index (χ0n) is 10.2. The fourth-order valence-electron chi connectivity index (χ4n) is 1.45. The molecule has 0 radical (unpaired) electrons. The Morgan fingerprint density at radius 1 is 1.47 bits per heavy atom. The number of carbonyl (C=O) groups is 2. The zero-order chi connectivity index (χ0) is 13.0. The Morgan fingerprint density at radius 2 is 2.12 bits per heavy atom. The number of carboxylic acids is 1. The lowest BCUT2D eigenvalue weighted by Gasteiger charge is -2.19. The van der Waals surface area contributed by atoms with E-state index in [0.29, 0.717) is 11.3 Å². The molecule has 0 aliphatic carbocycles. The standard InChI is InChI=1S/C12H17NO3S/c1-4-7(2)10(12(15)16)13-11(14)9-6-5-8(3)17-9/h5-7,10H,4H2,1-3H3,(H,13,14)(H,15,16)/t7?,10-/m0/s1. The van der Waals surface area contributed by atoms with Crippen LogP contribution in [0.5, 0.6) is 0 Å².